The number of aryl methyl sites for hydroxylation is 1. The quantitative estimate of drug-likeness (QED) is 0.251. The van der Waals surface area contributed by atoms with Crippen LogP contribution < -0.4 is 24.4 Å². The Bertz CT molecular complexity index is 2000. The fourth-order valence-electron chi connectivity index (χ4n) is 7.29. The molecule has 2 aromatic carbocycles. The SMILES string of the molecule is COc1cc2nc3c(cc2c(OC)c1OC)CN(C(=O)CCCn1cncn1)CCCCN(S(=O)(=O)Cc1ccccc1)CC(=O)NCC1CCCN3C1. The Morgan fingerprint density at radius 1 is 0.963 bits per heavy atom. The number of amides is 2. The van der Waals surface area contributed by atoms with Crippen LogP contribution in [0, 0.1) is 5.92 Å². The lowest BCUT2D eigenvalue weighted by Crippen LogP contribution is -2.46. The van der Waals surface area contributed by atoms with Crippen LogP contribution in [0.1, 0.15) is 49.7 Å². The number of carbonyl (C=O) groups excluding carboxylic acids is 2. The van der Waals surface area contributed by atoms with Gasteiger partial charge < -0.3 is 29.3 Å². The summed E-state index contributed by atoms with van der Waals surface area (Å²) < 4.78 is 47.6. The van der Waals surface area contributed by atoms with Crippen molar-refractivity contribution in [3.63, 3.8) is 0 Å². The van der Waals surface area contributed by atoms with E-state index in [2.05, 4.69) is 20.3 Å². The molecule has 4 aromatic rings. The monoisotopic (exact) mass is 762 g/mol. The molecule has 2 aliphatic rings. The van der Waals surface area contributed by atoms with E-state index < -0.39 is 10.0 Å². The molecule has 1 N–H and O–H groups in total. The molecule has 0 radical (unpaired) electrons. The number of methoxy groups -OCH3 is 3. The number of rotatable bonds is 10. The van der Waals surface area contributed by atoms with Crippen molar-refractivity contribution in [1.29, 1.82) is 0 Å². The van der Waals surface area contributed by atoms with Crippen LogP contribution in [-0.2, 0) is 38.5 Å². The van der Waals surface area contributed by atoms with Crippen LogP contribution in [-0.4, -0.2) is 110 Å². The Hall–Kier alpha value is -4.96. The first kappa shape index (κ1) is 38.8. The Morgan fingerprint density at radius 2 is 1.76 bits per heavy atom. The van der Waals surface area contributed by atoms with Crippen molar-refractivity contribution in [3.8, 4) is 17.2 Å². The van der Waals surface area contributed by atoms with E-state index in [9.17, 15) is 18.0 Å². The average Bonchev–Trinajstić information content (AvgIpc) is 3.70. The fourth-order valence-corrected chi connectivity index (χ4v) is 8.81. The van der Waals surface area contributed by atoms with Crippen molar-refractivity contribution in [2.45, 2.75) is 57.4 Å². The van der Waals surface area contributed by atoms with Crippen molar-refractivity contribution in [3.05, 3.63) is 66.2 Å². The van der Waals surface area contributed by atoms with Crippen LogP contribution in [0.25, 0.3) is 10.9 Å². The minimum absolute atomic E-state index is 0.0361. The Balaban J connectivity index is 1.35. The molecular formula is C38H50N8O7S. The van der Waals surface area contributed by atoms with Gasteiger partial charge in [0.15, 0.2) is 11.5 Å². The maximum atomic E-state index is 14.1. The number of nitrogens with one attached hydrogen (secondary N) is 1. The number of hydrogen-bond acceptors (Lipinski definition) is 11. The van der Waals surface area contributed by atoms with E-state index in [1.54, 1.807) is 56.6 Å². The predicted molar refractivity (Wildman–Crippen MR) is 204 cm³/mol. The summed E-state index contributed by atoms with van der Waals surface area (Å²) >= 11 is 0. The van der Waals surface area contributed by atoms with E-state index in [1.165, 1.54) is 10.6 Å². The van der Waals surface area contributed by atoms with Gasteiger partial charge in [0, 0.05) is 69.3 Å². The highest BCUT2D eigenvalue weighted by molar-refractivity contribution is 7.88. The molecule has 2 amide bonds. The zero-order valence-corrected chi connectivity index (χ0v) is 32.1. The molecule has 1 atom stereocenters. The van der Waals surface area contributed by atoms with Gasteiger partial charge in [0.25, 0.3) is 0 Å². The Kier molecular flexibility index (Phi) is 12.9. The van der Waals surface area contributed by atoms with E-state index in [0.717, 1.165) is 36.2 Å². The molecule has 16 heteroatoms. The molecular weight excluding hydrogens is 713 g/mol. The van der Waals surface area contributed by atoms with Gasteiger partial charge in [-0.3, -0.25) is 14.3 Å². The highest BCUT2D eigenvalue weighted by Gasteiger charge is 2.29. The zero-order chi connectivity index (χ0) is 38.1. The standard InChI is InChI=1S/C38H50N8O7S/c1-51-33-20-32-31(36(52-2)37(33)53-3)19-30-23-43(35(48)14-10-17-45-27-39-26-41-45)15-7-8-18-46(54(49,50)25-28-11-5-4-6-12-28)24-34(47)40-21-29-13-9-16-44(22-29)38(30)42-32/h4-6,11-12,19-20,26-27,29H,7-10,13-18,21-25H2,1-3H3,(H,40,47). The van der Waals surface area contributed by atoms with E-state index >= 15 is 0 Å². The number of benzene rings is 2. The second-order valence-corrected chi connectivity index (χ2v) is 15.8. The number of hydrogen-bond donors (Lipinski definition) is 1. The first-order valence-corrected chi connectivity index (χ1v) is 20.1. The number of aromatic nitrogens is 4. The number of pyridine rings is 1. The number of nitrogens with zero attached hydrogens (tertiary/aromatic N) is 7. The molecule has 4 heterocycles. The van der Waals surface area contributed by atoms with Crippen molar-refractivity contribution >= 4 is 38.6 Å². The average molecular weight is 763 g/mol. The molecule has 15 nitrogen and oxygen atoms in total. The Morgan fingerprint density at radius 3 is 2.50 bits per heavy atom. The van der Waals surface area contributed by atoms with Gasteiger partial charge in [-0.25, -0.2) is 18.4 Å². The summed E-state index contributed by atoms with van der Waals surface area (Å²) in [6.07, 6.45) is 6.69. The lowest BCUT2D eigenvalue weighted by Gasteiger charge is -2.36. The number of sulfonamides is 1. The van der Waals surface area contributed by atoms with Crippen LogP contribution in [0.2, 0.25) is 0 Å². The van der Waals surface area contributed by atoms with Gasteiger partial charge in [0.1, 0.15) is 18.5 Å². The van der Waals surface area contributed by atoms with E-state index in [4.69, 9.17) is 19.2 Å². The second-order valence-electron chi connectivity index (χ2n) is 13.8. The first-order chi connectivity index (χ1) is 26.2. The summed E-state index contributed by atoms with van der Waals surface area (Å²) in [6, 6.07) is 12.9. The number of piperidine rings is 1. The molecule has 6 rings (SSSR count). The molecule has 0 aliphatic carbocycles. The highest BCUT2D eigenvalue weighted by atomic mass is 32.2. The molecule has 0 spiro atoms. The minimum atomic E-state index is -3.81. The van der Waals surface area contributed by atoms with Crippen LogP contribution in [0.3, 0.4) is 0 Å². The minimum Gasteiger partial charge on any atom is -0.493 e. The molecule has 2 bridgehead atoms. The molecule has 1 unspecified atom stereocenters. The maximum absolute atomic E-state index is 14.1. The third-order valence-corrected chi connectivity index (χ3v) is 11.8. The molecule has 2 aromatic heterocycles. The van der Waals surface area contributed by atoms with Crippen molar-refractivity contribution in [2.75, 3.05) is 65.5 Å². The van der Waals surface area contributed by atoms with Gasteiger partial charge in [0.2, 0.25) is 27.6 Å². The fraction of sp³-hybridized carbons (Fsp3) is 0.500. The lowest BCUT2D eigenvalue weighted by molar-refractivity contribution is -0.132. The smallest absolute Gasteiger partial charge is 0.235 e. The first-order valence-electron chi connectivity index (χ1n) is 18.4. The predicted octanol–water partition coefficient (Wildman–Crippen LogP) is 3.62. The van der Waals surface area contributed by atoms with Gasteiger partial charge in [-0.05, 0) is 49.7 Å². The Labute approximate surface area is 316 Å². The van der Waals surface area contributed by atoms with Crippen molar-refractivity contribution in [2.24, 2.45) is 5.92 Å². The van der Waals surface area contributed by atoms with E-state index in [0.29, 0.717) is 73.8 Å². The summed E-state index contributed by atoms with van der Waals surface area (Å²) in [6.45, 7) is 2.87. The second kappa shape index (κ2) is 17.9. The highest BCUT2D eigenvalue weighted by Crippen LogP contribution is 2.44. The molecule has 0 saturated carbocycles. The summed E-state index contributed by atoms with van der Waals surface area (Å²) in [5, 5.41) is 7.92. The number of fused-ring (bicyclic) bond motifs is 5. The third kappa shape index (κ3) is 9.39. The summed E-state index contributed by atoms with van der Waals surface area (Å²) in [7, 11) is 0.891. The largest absolute Gasteiger partial charge is 0.493 e. The topological polar surface area (TPSA) is 161 Å². The van der Waals surface area contributed by atoms with Gasteiger partial charge >= 0.3 is 0 Å². The van der Waals surface area contributed by atoms with Gasteiger partial charge in [0.05, 0.1) is 39.1 Å². The van der Waals surface area contributed by atoms with Crippen molar-refractivity contribution < 1.29 is 32.2 Å². The van der Waals surface area contributed by atoms with Crippen molar-refractivity contribution in [1.82, 2.24) is 34.3 Å². The van der Waals surface area contributed by atoms with Gasteiger partial charge in [-0.2, -0.15) is 9.40 Å². The molecule has 2 aliphatic heterocycles. The van der Waals surface area contributed by atoms with Crippen LogP contribution in [0.5, 0.6) is 17.2 Å². The molecule has 1 fully saturated rings. The molecule has 54 heavy (non-hydrogen) atoms. The summed E-state index contributed by atoms with van der Waals surface area (Å²) in [5.41, 5.74) is 2.17. The van der Waals surface area contributed by atoms with Crippen LogP contribution in [0.4, 0.5) is 5.82 Å². The third-order valence-electron chi connectivity index (χ3n) is 10.0. The number of ether oxygens (including phenoxy) is 3. The lowest BCUT2D eigenvalue weighted by atomic mass is 9.97. The van der Waals surface area contributed by atoms with Crippen LogP contribution >= 0.6 is 0 Å². The van der Waals surface area contributed by atoms with E-state index in [1.807, 2.05) is 23.1 Å². The van der Waals surface area contributed by atoms with Gasteiger partial charge in [-0.1, -0.05) is 30.3 Å². The maximum Gasteiger partial charge on any atom is 0.235 e. The molecule has 1 saturated heterocycles. The number of carbonyl (C=O) groups is 2. The van der Waals surface area contributed by atoms with Gasteiger partial charge in [-0.15, -0.1) is 0 Å². The van der Waals surface area contributed by atoms with E-state index in [-0.39, 0.29) is 49.5 Å². The van der Waals surface area contributed by atoms with Crippen LogP contribution in [0.15, 0.2) is 55.1 Å². The normalized spacial score (nSPS) is 17.8. The molecule has 290 valence electrons. The number of anilines is 1. The zero-order valence-electron chi connectivity index (χ0n) is 31.3. The summed E-state index contributed by atoms with van der Waals surface area (Å²) in [5.74, 6) is 1.71. The summed E-state index contributed by atoms with van der Waals surface area (Å²) in [4.78, 5) is 40.7.